The van der Waals surface area contributed by atoms with Crippen LogP contribution in [0.25, 0.3) is 0 Å². The van der Waals surface area contributed by atoms with E-state index in [0.717, 1.165) is 18.8 Å². The van der Waals surface area contributed by atoms with Crippen LogP contribution >= 0.6 is 0 Å². The molecule has 2 aromatic carbocycles. The van der Waals surface area contributed by atoms with Crippen LogP contribution in [0.5, 0.6) is 0 Å². The maximum Gasteiger partial charge on any atom is -0.0230 e. The lowest BCUT2D eigenvalue weighted by molar-refractivity contribution is 0.320. The maximum atomic E-state index is 2.28. The fourth-order valence-corrected chi connectivity index (χ4v) is 3.75. The first-order chi connectivity index (χ1) is 14.0. The molecule has 2 rings (SSSR count). The van der Waals surface area contributed by atoms with E-state index in [4.69, 9.17) is 0 Å². The molecular formula is C31H52. The second-order valence-corrected chi connectivity index (χ2v) is 13.1. The van der Waals surface area contributed by atoms with Gasteiger partial charge in [0.15, 0.2) is 0 Å². The molecule has 2 aromatic rings. The van der Waals surface area contributed by atoms with Crippen molar-refractivity contribution in [1.29, 1.82) is 0 Å². The summed E-state index contributed by atoms with van der Waals surface area (Å²) in [7, 11) is 0. The van der Waals surface area contributed by atoms with Crippen molar-refractivity contribution in [2.45, 2.75) is 102 Å². The minimum absolute atomic E-state index is 0.398. The molecule has 0 aromatic heterocycles. The van der Waals surface area contributed by atoms with Crippen LogP contribution in [0.2, 0.25) is 0 Å². The van der Waals surface area contributed by atoms with Crippen LogP contribution in [-0.2, 0) is 12.8 Å². The molecule has 0 atom stereocenters. The van der Waals surface area contributed by atoms with Crippen LogP contribution in [0.1, 0.15) is 99.3 Å². The zero-order valence-electron chi connectivity index (χ0n) is 22.9. The van der Waals surface area contributed by atoms with Crippen LogP contribution < -0.4 is 0 Å². The fraction of sp³-hybridized carbons (Fsp3) is 0.613. The summed E-state index contributed by atoms with van der Waals surface area (Å²) in [6.07, 6.45) is 3.65. The Labute approximate surface area is 195 Å². The molecule has 31 heavy (non-hydrogen) atoms. The van der Waals surface area contributed by atoms with E-state index in [2.05, 4.69) is 138 Å². The highest BCUT2D eigenvalue weighted by molar-refractivity contribution is 5.22. The van der Waals surface area contributed by atoms with E-state index in [1.165, 1.54) is 23.1 Å². The van der Waals surface area contributed by atoms with Gasteiger partial charge in [-0.1, -0.05) is 136 Å². The molecule has 0 heteroatoms. The second-order valence-electron chi connectivity index (χ2n) is 13.1. The second kappa shape index (κ2) is 13.1. The van der Waals surface area contributed by atoms with Gasteiger partial charge >= 0.3 is 0 Å². The van der Waals surface area contributed by atoms with Gasteiger partial charge in [-0.3, -0.25) is 0 Å². The molecule has 0 N–H and O–H groups in total. The number of aryl methyl sites for hydroxylation is 1. The lowest BCUT2D eigenvalue weighted by atomic mass is 9.86. The largest absolute Gasteiger partial charge is 0.0628 e. The lowest BCUT2D eigenvalue weighted by Gasteiger charge is -2.19. The third kappa shape index (κ3) is 20.1. The predicted octanol–water partition coefficient (Wildman–Crippen LogP) is 9.94. The van der Waals surface area contributed by atoms with E-state index in [0.29, 0.717) is 16.2 Å². The molecule has 0 spiro atoms. The van der Waals surface area contributed by atoms with Crippen LogP contribution in [-0.4, -0.2) is 0 Å². The van der Waals surface area contributed by atoms with Gasteiger partial charge in [-0.2, -0.15) is 0 Å². The van der Waals surface area contributed by atoms with Gasteiger partial charge < -0.3 is 0 Å². The molecule has 0 aliphatic carbocycles. The van der Waals surface area contributed by atoms with Gasteiger partial charge in [0.05, 0.1) is 0 Å². The number of rotatable bonds is 3. The van der Waals surface area contributed by atoms with E-state index in [1.54, 1.807) is 0 Å². The van der Waals surface area contributed by atoms with Crippen molar-refractivity contribution in [1.82, 2.24) is 0 Å². The monoisotopic (exact) mass is 424 g/mol. The van der Waals surface area contributed by atoms with E-state index < -0.39 is 0 Å². The maximum absolute atomic E-state index is 2.28. The molecule has 0 aliphatic heterocycles. The Bertz CT molecular complexity index is 683. The summed E-state index contributed by atoms with van der Waals surface area (Å²) >= 11 is 0. The number of hydrogen-bond donors (Lipinski definition) is 0. The van der Waals surface area contributed by atoms with Crippen molar-refractivity contribution < 1.29 is 0 Å². The highest BCUT2D eigenvalue weighted by Gasteiger charge is 2.12. The van der Waals surface area contributed by atoms with Crippen LogP contribution in [0, 0.1) is 29.1 Å². The molecule has 0 saturated heterocycles. The Balaban J connectivity index is 0.000000446. The Morgan fingerprint density at radius 1 is 0.548 bits per heavy atom. The van der Waals surface area contributed by atoms with Crippen LogP contribution in [0.4, 0.5) is 0 Å². The first-order valence-electron chi connectivity index (χ1n) is 12.1. The third-order valence-electron chi connectivity index (χ3n) is 4.45. The summed E-state index contributed by atoms with van der Waals surface area (Å²) in [5.41, 5.74) is 5.53. The first-order valence-corrected chi connectivity index (χ1v) is 12.1. The topological polar surface area (TPSA) is 0 Å². The summed E-state index contributed by atoms with van der Waals surface area (Å²) in [5, 5.41) is 0. The van der Waals surface area contributed by atoms with Gasteiger partial charge in [0.25, 0.3) is 0 Å². The SMILES string of the molecule is CC(C)(C)Cc1ccccc1.CC(C)CC(C)(C)C.Cc1ccc(CC(C)(C)C)cc1. The van der Waals surface area contributed by atoms with Crippen molar-refractivity contribution in [3.63, 3.8) is 0 Å². The standard InChI is InChI=1S/C12H18.C11H16.C8H18/c1-10-5-7-11(8-6-10)9-12(2,3)4;1-11(2,3)9-10-7-5-4-6-8-10;1-7(2)6-8(3,4)5/h5-8H,9H2,1-4H3;4-8H,9H2,1-3H3;7H,6H2,1-5H3. The van der Waals surface area contributed by atoms with Crippen molar-refractivity contribution in [2.75, 3.05) is 0 Å². The van der Waals surface area contributed by atoms with Crippen LogP contribution in [0.3, 0.4) is 0 Å². The summed E-state index contributed by atoms with van der Waals surface area (Å²) in [4.78, 5) is 0. The highest BCUT2D eigenvalue weighted by Crippen LogP contribution is 2.23. The normalized spacial score (nSPS) is 11.9. The van der Waals surface area contributed by atoms with Gasteiger partial charge in [0.2, 0.25) is 0 Å². The zero-order chi connectivity index (χ0) is 24.3. The van der Waals surface area contributed by atoms with Crippen molar-refractivity contribution in [2.24, 2.45) is 22.2 Å². The van der Waals surface area contributed by atoms with E-state index in [9.17, 15) is 0 Å². The fourth-order valence-electron chi connectivity index (χ4n) is 3.75. The zero-order valence-corrected chi connectivity index (χ0v) is 22.9. The Hall–Kier alpha value is -1.56. The molecule has 0 bridgehead atoms. The first kappa shape index (κ1) is 29.4. The lowest BCUT2D eigenvalue weighted by Crippen LogP contribution is -2.08. The summed E-state index contributed by atoms with van der Waals surface area (Å²) < 4.78 is 0. The Morgan fingerprint density at radius 3 is 1.23 bits per heavy atom. The quantitative estimate of drug-likeness (QED) is 0.459. The molecule has 0 unspecified atom stereocenters. The molecule has 0 amide bonds. The summed E-state index contributed by atoms with van der Waals surface area (Å²) in [6, 6.07) is 19.4. The Kier molecular flexibility index (Phi) is 12.4. The molecule has 0 nitrogen and oxygen atoms in total. The molecule has 0 saturated carbocycles. The molecule has 0 heterocycles. The minimum Gasteiger partial charge on any atom is -0.0628 e. The van der Waals surface area contributed by atoms with Crippen molar-refractivity contribution in [3.05, 3.63) is 71.3 Å². The molecule has 0 aliphatic rings. The number of benzene rings is 2. The average Bonchev–Trinajstić information content (AvgIpc) is 2.54. The smallest absolute Gasteiger partial charge is 0.0230 e. The highest BCUT2D eigenvalue weighted by atomic mass is 14.2. The van der Waals surface area contributed by atoms with E-state index in [1.807, 2.05) is 0 Å². The van der Waals surface area contributed by atoms with Crippen molar-refractivity contribution in [3.8, 4) is 0 Å². The van der Waals surface area contributed by atoms with Gasteiger partial charge in [-0.25, -0.2) is 0 Å². The van der Waals surface area contributed by atoms with Gasteiger partial charge in [-0.15, -0.1) is 0 Å². The predicted molar refractivity (Wildman–Crippen MR) is 143 cm³/mol. The summed E-state index contributed by atoms with van der Waals surface area (Å²) in [5.74, 6) is 0.843. The van der Waals surface area contributed by atoms with Crippen molar-refractivity contribution >= 4 is 0 Å². The molecular weight excluding hydrogens is 372 g/mol. The summed E-state index contributed by atoms with van der Waals surface area (Å²) in [6.45, 7) is 27.1. The molecule has 0 fully saturated rings. The number of hydrogen-bond acceptors (Lipinski definition) is 0. The van der Waals surface area contributed by atoms with Gasteiger partial charge in [-0.05, 0) is 59.5 Å². The third-order valence-corrected chi connectivity index (χ3v) is 4.45. The molecule has 176 valence electrons. The molecule has 0 radical (unpaired) electrons. The minimum atomic E-state index is 0.398. The van der Waals surface area contributed by atoms with E-state index in [-0.39, 0.29) is 0 Å². The van der Waals surface area contributed by atoms with Gasteiger partial charge in [0, 0.05) is 0 Å². The Morgan fingerprint density at radius 2 is 0.935 bits per heavy atom. The van der Waals surface area contributed by atoms with Gasteiger partial charge in [0.1, 0.15) is 0 Å². The average molecular weight is 425 g/mol. The van der Waals surface area contributed by atoms with E-state index >= 15 is 0 Å². The van der Waals surface area contributed by atoms with Crippen LogP contribution in [0.15, 0.2) is 54.6 Å².